The molecule has 1 aromatic carbocycles. The molecule has 1 aromatic rings. The van der Waals surface area contributed by atoms with Gasteiger partial charge in [0.1, 0.15) is 24.1 Å². The minimum atomic E-state index is -0.331. The Hall–Kier alpha value is -1.86. The van der Waals surface area contributed by atoms with E-state index in [0.29, 0.717) is 45.2 Å². The number of halogens is 2. The molecule has 2 amide bonds. The summed E-state index contributed by atoms with van der Waals surface area (Å²) in [4.78, 5) is 25.6. The van der Waals surface area contributed by atoms with E-state index in [1.54, 1.807) is 11.0 Å². The van der Waals surface area contributed by atoms with Crippen molar-refractivity contribution in [3.63, 3.8) is 0 Å². The van der Waals surface area contributed by atoms with Gasteiger partial charge in [-0.3, -0.25) is 9.59 Å². The molecular formula is C23H36ClFN2O4. The number of nitrogens with one attached hydrogen (secondary N) is 1. The van der Waals surface area contributed by atoms with E-state index in [1.807, 2.05) is 27.7 Å². The number of ether oxygens (including phenoxy) is 2. The molecule has 1 fully saturated rings. The molecule has 31 heavy (non-hydrogen) atoms. The van der Waals surface area contributed by atoms with Crippen molar-refractivity contribution in [3.05, 3.63) is 29.6 Å². The second kappa shape index (κ2) is 15.0. The first-order valence-corrected chi connectivity index (χ1v) is 11.6. The van der Waals surface area contributed by atoms with Crippen LogP contribution in [0.3, 0.4) is 0 Å². The molecule has 1 saturated heterocycles. The molecule has 0 bridgehead atoms. The molecule has 1 N–H and O–H groups in total. The zero-order valence-corrected chi connectivity index (χ0v) is 19.8. The molecule has 0 aliphatic carbocycles. The molecule has 8 heteroatoms. The zero-order valence-electron chi connectivity index (χ0n) is 19.1. The Morgan fingerprint density at radius 2 is 2.00 bits per heavy atom. The predicted molar refractivity (Wildman–Crippen MR) is 121 cm³/mol. The van der Waals surface area contributed by atoms with Gasteiger partial charge in [-0.1, -0.05) is 33.8 Å². The third-order valence-electron chi connectivity index (χ3n) is 4.89. The molecule has 176 valence electrons. The Morgan fingerprint density at radius 3 is 2.68 bits per heavy atom. The van der Waals surface area contributed by atoms with Gasteiger partial charge in [0.15, 0.2) is 0 Å². The first kappa shape index (κ1) is 27.2. The molecule has 1 aliphatic rings. The van der Waals surface area contributed by atoms with E-state index < -0.39 is 0 Å². The van der Waals surface area contributed by atoms with Crippen LogP contribution in [0.5, 0.6) is 5.75 Å². The Balaban J connectivity index is 0.00000233. The third kappa shape index (κ3) is 9.44. The monoisotopic (exact) mass is 458 g/mol. The average molecular weight is 459 g/mol. The smallest absolute Gasteiger partial charge is 0.237 e. The van der Waals surface area contributed by atoms with Gasteiger partial charge in [-0.2, -0.15) is 0 Å². The maximum atomic E-state index is 13.4. The van der Waals surface area contributed by atoms with Crippen molar-refractivity contribution in [1.29, 1.82) is 0 Å². The number of benzene rings is 1. The van der Waals surface area contributed by atoms with Crippen molar-refractivity contribution in [2.45, 2.75) is 46.5 Å². The van der Waals surface area contributed by atoms with E-state index in [0.717, 1.165) is 18.4 Å². The number of hydrogen-bond donors (Lipinski definition) is 1. The Morgan fingerprint density at radius 1 is 1.26 bits per heavy atom. The van der Waals surface area contributed by atoms with E-state index in [4.69, 9.17) is 21.1 Å². The molecule has 0 aromatic heterocycles. The summed E-state index contributed by atoms with van der Waals surface area (Å²) < 4.78 is 24.6. The summed E-state index contributed by atoms with van der Waals surface area (Å²) in [5, 5.41) is 2.84. The minimum absolute atomic E-state index is 0.0570. The fourth-order valence-corrected chi connectivity index (χ4v) is 3.48. The summed E-state index contributed by atoms with van der Waals surface area (Å²) >= 11 is 5.59. The second-order valence-corrected chi connectivity index (χ2v) is 7.67. The maximum absolute atomic E-state index is 13.4. The van der Waals surface area contributed by atoms with E-state index in [1.165, 1.54) is 12.1 Å². The van der Waals surface area contributed by atoms with Crippen LogP contribution in [0.4, 0.5) is 4.39 Å². The third-order valence-corrected chi connectivity index (χ3v) is 5.12. The van der Waals surface area contributed by atoms with Crippen molar-refractivity contribution < 1.29 is 23.5 Å². The summed E-state index contributed by atoms with van der Waals surface area (Å²) in [6.07, 6.45) is 1.56. The topological polar surface area (TPSA) is 67.9 Å². The highest BCUT2D eigenvalue weighted by molar-refractivity contribution is 6.27. The van der Waals surface area contributed by atoms with Crippen LogP contribution in [0.15, 0.2) is 18.2 Å². The molecule has 6 nitrogen and oxygen atoms in total. The van der Waals surface area contributed by atoms with Gasteiger partial charge in [0, 0.05) is 25.7 Å². The lowest BCUT2D eigenvalue weighted by Gasteiger charge is -2.31. The van der Waals surface area contributed by atoms with Crippen LogP contribution in [-0.2, 0) is 14.3 Å². The number of carbonyl (C=O) groups is 2. The van der Waals surface area contributed by atoms with Crippen LogP contribution in [0.25, 0.3) is 0 Å². The number of alkyl halides is 1. The number of hydrogen-bond acceptors (Lipinski definition) is 4. The first-order chi connectivity index (χ1) is 14.9. The largest absolute Gasteiger partial charge is 0.491 e. The predicted octanol–water partition coefficient (Wildman–Crippen LogP) is 3.96. The van der Waals surface area contributed by atoms with Crippen LogP contribution < -0.4 is 10.1 Å². The van der Waals surface area contributed by atoms with Crippen LogP contribution >= 0.6 is 11.6 Å². The summed E-state index contributed by atoms with van der Waals surface area (Å²) in [6.45, 7) is 10.5. The van der Waals surface area contributed by atoms with Crippen LogP contribution in [-0.4, -0.2) is 62.0 Å². The van der Waals surface area contributed by atoms with Crippen molar-refractivity contribution in [2.75, 3.05) is 45.3 Å². The molecular weight excluding hydrogens is 423 g/mol. The van der Waals surface area contributed by atoms with Crippen molar-refractivity contribution in [1.82, 2.24) is 10.2 Å². The van der Waals surface area contributed by atoms with Crippen LogP contribution in [0.1, 0.15) is 52.0 Å². The second-order valence-electron chi connectivity index (χ2n) is 7.40. The number of likely N-dealkylation sites (tertiary alicyclic amines) is 1. The Labute approximate surface area is 190 Å². The van der Waals surface area contributed by atoms with Gasteiger partial charge in [0.25, 0.3) is 0 Å². The highest BCUT2D eigenvalue weighted by atomic mass is 35.5. The van der Waals surface area contributed by atoms with E-state index in [2.05, 4.69) is 5.32 Å². The average Bonchev–Trinajstić information content (AvgIpc) is 2.79. The van der Waals surface area contributed by atoms with Gasteiger partial charge in [0.05, 0.1) is 19.1 Å². The molecule has 1 unspecified atom stereocenters. The van der Waals surface area contributed by atoms with Gasteiger partial charge in [-0.15, -0.1) is 11.6 Å². The van der Waals surface area contributed by atoms with Gasteiger partial charge >= 0.3 is 0 Å². The Kier molecular flexibility index (Phi) is 13.2. The Bertz CT molecular complexity index is 688. The summed E-state index contributed by atoms with van der Waals surface area (Å²) in [7, 11) is 0. The van der Waals surface area contributed by atoms with E-state index >= 15 is 0 Å². The first-order valence-electron chi connectivity index (χ1n) is 11.0. The number of amides is 2. The van der Waals surface area contributed by atoms with Crippen molar-refractivity contribution in [2.24, 2.45) is 5.92 Å². The summed E-state index contributed by atoms with van der Waals surface area (Å²) in [6, 6.07) is 4.55. The highest BCUT2D eigenvalue weighted by Crippen LogP contribution is 2.27. The lowest BCUT2D eigenvalue weighted by molar-refractivity contribution is -0.133. The number of piperidine rings is 1. The van der Waals surface area contributed by atoms with Gasteiger partial charge in [0.2, 0.25) is 11.8 Å². The fourth-order valence-electron chi connectivity index (χ4n) is 3.32. The van der Waals surface area contributed by atoms with Gasteiger partial charge in [-0.05, 0) is 30.4 Å². The maximum Gasteiger partial charge on any atom is 0.237 e. The molecule has 1 aliphatic heterocycles. The summed E-state index contributed by atoms with van der Waals surface area (Å²) in [5.41, 5.74) is 0.952. The van der Waals surface area contributed by atoms with E-state index in [-0.39, 0.29) is 35.3 Å². The molecule has 0 saturated carbocycles. The van der Waals surface area contributed by atoms with Crippen molar-refractivity contribution in [3.8, 4) is 5.75 Å². The molecule has 0 radical (unpaired) electrons. The molecule has 1 atom stereocenters. The number of rotatable bonds is 10. The molecule has 1 heterocycles. The van der Waals surface area contributed by atoms with Crippen molar-refractivity contribution >= 4 is 23.4 Å². The minimum Gasteiger partial charge on any atom is -0.491 e. The number of nitrogens with zero attached hydrogens (tertiary/aromatic N) is 1. The highest BCUT2D eigenvalue weighted by Gasteiger charge is 2.27. The van der Waals surface area contributed by atoms with E-state index in [9.17, 15) is 14.0 Å². The quantitative estimate of drug-likeness (QED) is 0.425. The lowest BCUT2D eigenvalue weighted by Crippen LogP contribution is -2.46. The summed E-state index contributed by atoms with van der Waals surface area (Å²) in [5.74, 6) is -0.0331. The SMILES string of the molecule is CC.CC(C)c1ccc(F)cc1OCCOCCNC(=O)C1CCCN(C(=O)CCl)C1. The molecule has 2 rings (SSSR count). The normalized spacial score (nSPS) is 15.8. The standard InChI is InChI=1S/C21H30ClFN2O4.C2H6/c1-15(2)18-6-5-17(23)12-19(18)29-11-10-28-9-7-24-21(27)16-4-3-8-25(14-16)20(26)13-22;1-2/h5-6,12,15-16H,3-4,7-11,13-14H2,1-2H3,(H,24,27);1-2H3. The zero-order chi connectivity index (χ0) is 23.2. The fraction of sp³-hybridized carbons (Fsp3) is 0.652. The van der Waals surface area contributed by atoms with Crippen LogP contribution in [0, 0.1) is 11.7 Å². The van der Waals surface area contributed by atoms with Gasteiger partial charge < -0.3 is 19.7 Å². The number of carbonyl (C=O) groups excluding carboxylic acids is 2. The van der Waals surface area contributed by atoms with Gasteiger partial charge in [-0.25, -0.2) is 4.39 Å². The lowest BCUT2D eigenvalue weighted by atomic mass is 9.97. The van der Waals surface area contributed by atoms with Crippen LogP contribution in [0.2, 0.25) is 0 Å². The molecule has 0 spiro atoms.